The highest BCUT2D eigenvalue weighted by Gasteiger charge is 2.19. The molecule has 0 atom stereocenters. The van der Waals surface area contributed by atoms with Gasteiger partial charge in [0.2, 0.25) is 17.8 Å². The van der Waals surface area contributed by atoms with Crippen LogP contribution in [0.3, 0.4) is 0 Å². The van der Waals surface area contributed by atoms with E-state index in [4.69, 9.17) is 9.72 Å². The molecule has 4 rings (SSSR count). The molecule has 7 heteroatoms. The summed E-state index contributed by atoms with van der Waals surface area (Å²) in [7, 11) is 1.62. The Morgan fingerprint density at radius 1 is 0.943 bits per heavy atom. The average Bonchev–Trinajstić information content (AvgIpc) is 3.32. The van der Waals surface area contributed by atoms with Gasteiger partial charge in [-0.25, -0.2) is 4.98 Å². The first-order valence-corrected chi connectivity index (χ1v) is 11.5. The molecule has 1 N–H and O–H groups in total. The maximum absolute atomic E-state index is 13.1. The fraction of sp³-hybridized carbons (Fsp3) is 0.179. The highest BCUT2D eigenvalue weighted by atomic mass is 16.5. The van der Waals surface area contributed by atoms with Crippen molar-refractivity contribution in [3.05, 3.63) is 96.7 Å². The number of carbonyl (C=O) groups excluding carboxylic acids is 2. The summed E-state index contributed by atoms with van der Waals surface area (Å²) in [5.74, 6) is 0.737. The maximum atomic E-state index is 13.1. The molecule has 0 aliphatic heterocycles. The number of aromatic nitrogens is 2. The number of nitrogens with one attached hydrogen (secondary N) is 1. The molecule has 1 heterocycles. The largest absolute Gasteiger partial charge is 0.497 e. The molecule has 0 fully saturated rings. The zero-order chi connectivity index (χ0) is 24.6. The normalized spacial score (nSPS) is 10.6. The van der Waals surface area contributed by atoms with Crippen molar-refractivity contribution < 1.29 is 14.3 Å². The molecule has 0 unspecified atom stereocenters. The Morgan fingerprint density at radius 3 is 2.23 bits per heavy atom. The number of benzene rings is 3. The number of hydrogen-bond acceptors (Lipinski definition) is 4. The minimum atomic E-state index is -0.313. The third-order valence-electron chi connectivity index (χ3n) is 5.58. The molecule has 0 aliphatic rings. The first-order chi connectivity index (χ1) is 17.1. The second kappa shape index (κ2) is 11.2. The number of imidazole rings is 1. The lowest BCUT2D eigenvalue weighted by Crippen LogP contribution is -2.37. The molecule has 0 bridgehead atoms. The number of nitrogens with zero attached hydrogens (tertiary/aromatic N) is 3. The molecule has 178 valence electrons. The molecule has 0 saturated carbocycles. The van der Waals surface area contributed by atoms with Crippen molar-refractivity contribution >= 4 is 17.8 Å². The highest BCUT2D eigenvalue weighted by Crippen LogP contribution is 2.26. The van der Waals surface area contributed by atoms with E-state index in [1.165, 1.54) is 0 Å². The second-order valence-electron chi connectivity index (χ2n) is 8.02. The van der Waals surface area contributed by atoms with Crippen LogP contribution < -0.4 is 10.1 Å². The maximum Gasteiger partial charge on any atom is 0.246 e. The zero-order valence-electron chi connectivity index (χ0n) is 19.8. The Kier molecular flexibility index (Phi) is 7.57. The molecule has 7 nitrogen and oxygen atoms in total. The van der Waals surface area contributed by atoms with Crippen LogP contribution in [0.25, 0.3) is 16.9 Å². The van der Waals surface area contributed by atoms with Crippen molar-refractivity contribution in [1.82, 2.24) is 14.5 Å². The summed E-state index contributed by atoms with van der Waals surface area (Å²) in [6.07, 6.45) is 2.20. The van der Waals surface area contributed by atoms with E-state index in [0.29, 0.717) is 24.6 Å². The van der Waals surface area contributed by atoms with Crippen LogP contribution >= 0.6 is 0 Å². The fourth-order valence-electron chi connectivity index (χ4n) is 3.75. The van der Waals surface area contributed by atoms with E-state index in [9.17, 15) is 9.59 Å². The minimum absolute atomic E-state index is 0.0684. The summed E-state index contributed by atoms with van der Waals surface area (Å²) >= 11 is 0. The van der Waals surface area contributed by atoms with Crippen LogP contribution in [0.2, 0.25) is 0 Å². The molecule has 0 spiro atoms. The van der Waals surface area contributed by atoms with Crippen molar-refractivity contribution in [2.24, 2.45) is 0 Å². The van der Waals surface area contributed by atoms with Crippen molar-refractivity contribution in [2.75, 3.05) is 19.0 Å². The molecule has 4 aromatic rings. The SMILES string of the molecule is CCC(=O)N(CC(=O)Nc1nc(-c2ccc(OC)cc2)cn1-c1ccccc1)Cc1ccccc1. The van der Waals surface area contributed by atoms with Gasteiger partial charge in [-0.05, 0) is 42.0 Å². The van der Waals surface area contributed by atoms with Gasteiger partial charge in [-0.15, -0.1) is 0 Å². The number of carbonyl (C=O) groups is 2. The predicted octanol–water partition coefficient (Wildman–Crippen LogP) is 4.93. The topological polar surface area (TPSA) is 76.5 Å². The Labute approximate surface area is 205 Å². The molecule has 2 amide bonds. The van der Waals surface area contributed by atoms with Gasteiger partial charge in [0.1, 0.15) is 12.3 Å². The lowest BCUT2D eigenvalue weighted by molar-refractivity contribution is -0.135. The quantitative estimate of drug-likeness (QED) is 0.378. The molecule has 35 heavy (non-hydrogen) atoms. The summed E-state index contributed by atoms with van der Waals surface area (Å²) in [4.78, 5) is 31.9. The summed E-state index contributed by atoms with van der Waals surface area (Å²) in [6.45, 7) is 2.09. The lowest BCUT2D eigenvalue weighted by atomic mass is 10.1. The van der Waals surface area contributed by atoms with Crippen LogP contribution in [0, 0.1) is 0 Å². The number of rotatable bonds is 9. The highest BCUT2D eigenvalue weighted by molar-refractivity contribution is 5.93. The van der Waals surface area contributed by atoms with Gasteiger partial charge in [-0.1, -0.05) is 55.5 Å². The van der Waals surface area contributed by atoms with Gasteiger partial charge in [-0.2, -0.15) is 0 Å². The molecule has 0 aliphatic carbocycles. The van der Waals surface area contributed by atoms with Gasteiger partial charge in [0, 0.05) is 30.4 Å². The summed E-state index contributed by atoms with van der Waals surface area (Å²) in [5.41, 5.74) is 3.43. The third kappa shape index (κ3) is 5.95. The van der Waals surface area contributed by atoms with Gasteiger partial charge in [0.05, 0.1) is 12.8 Å². The average molecular weight is 469 g/mol. The van der Waals surface area contributed by atoms with Crippen LogP contribution in [-0.2, 0) is 16.1 Å². The number of hydrogen-bond donors (Lipinski definition) is 1. The summed E-state index contributed by atoms with van der Waals surface area (Å²) < 4.78 is 7.08. The van der Waals surface area contributed by atoms with Crippen molar-refractivity contribution in [2.45, 2.75) is 19.9 Å². The molecule has 0 radical (unpaired) electrons. The Hall–Kier alpha value is -4.39. The van der Waals surface area contributed by atoms with Gasteiger partial charge in [0.25, 0.3) is 0 Å². The van der Waals surface area contributed by atoms with Crippen molar-refractivity contribution in [3.63, 3.8) is 0 Å². The van der Waals surface area contributed by atoms with Crippen LogP contribution in [0.4, 0.5) is 5.95 Å². The monoisotopic (exact) mass is 468 g/mol. The lowest BCUT2D eigenvalue weighted by Gasteiger charge is -2.22. The Balaban J connectivity index is 1.59. The van der Waals surface area contributed by atoms with Gasteiger partial charge in [-0.3, -0.25) is 19.5 Å². The second-order valence-corrected chi connectivity index (χ2v) is 8.02. The standard InChI is InChI=1S/C28H28N4O3/c1-3-27(34)31(18-21-10-6-4-7-11-21)20-26(33)30-28-29-25(22-14-16-24(35-2)17-15-22)19-32(28)23-12-8-5-9-13-23/h4-17,19H,3,18,20H2,1-2H3,(H,29,30,33). The van der Waals surface area contributed by atoms with Gasteiger partial charge in [0.15, 0.2) is 0 Å². The van der Waals surface area contributed by atoms with E-state index in [-0.39, 0.29) is 18.4 Å². The van der Waals surface area contributed by atoms with Crippen LogP contribution in [0.1, 0.15) is 18.9 Å². The fourth-order valence-corrected chi connectivity index (χ4v) is 3.75. The molecule has 3 aromatic carbocycles. The van der Waals surface area contributed by atoms with E-state index < -0.39 is 0 Å². The van der Waals surface area contributed by atoms with Crippen molar-refractivity contribution in [1.29, 1.82) is 0 Å². The van der Waals surface area contributed by atoms with E-state index >= 15 is 0 Å². The summed E-state index contributed by atoms with van der Waals surface area (Å²) in [5, 5.41) is 2.91. The Morgan fingerprint density at radius 2 is 1.60 bits per heavy atom. The molecule has 0 saturated heterocycles. The first kappa shape index (κ1) is 23.8. The van der Waals surface area contributed by atoms with Gasteiger partial charge < -0.3 is 9.64 Å². The third-order valence-corrected chi connectivity index (χ3v) is 5.58. The van der Waals surface area contributed by atoms with E-state index in [0.717, 1.165) is 22.6 Å². The smallest absolute Gasteiger partial charge is 0.246 e. The van der Waals surface area contributed by atoms with Crippen LogP contribution in [-0.4, -0.2) is 39.9 Å². The van der Waals surface area contributed by atoms with Crippen LogP contribution in [0.5, 0.6) is 5.75 Å². The Bertz CT molecular complexity index is 1270. The molecular weight excluding hydrogens is 440 g/mol. The minimum Gasteiger partial charge on any atom is -0.497 e. The van der Waals surface area contributed by atoms with Crippen LogP contribution in [0.15, 0.2) is 91.1 Å². The molecular formula is C28H28N4O3. The van der Waals surface area contributed by atoms with E-state index in [1.54, 1.807) is 18.9 Å². The predicted molar refractivity (Wildman–Crippen MR) is 136 cm³/mol. The number of methoxy groups -OCH3 is 1. The molecule has 1 aromatic heterocycles. The number of amides is 2. The number of para-hydroxylation sites is 1. The first-order valence-electron chi connectivity index (χ1n) is 11.5. The summed E-state index contributed by atoms with van der Waals surface area (Å²) in [6, 6.07) is 26.9. The number of anilines is 1. The zero-order valence-corrected chi connectivity index (χ0v) is 19.8. The van der Waals surface area contributed by atoms with Gasteiger partial charge >= 0.3 is 0 Å². The number of ether oxygens (including phenoxy) is 1. The van der Waals surface area contributed by atoms with E-state index in [1.807, 2.05) is 95.7 Å². The van der Waals surface area contributed by atoms with E-state index in [2.05, 4.69) is 5.32 Å². The van der Waals surface area contributed by atoms with Crippen molar-refractivity contribution in [3.8, 4) is 22.7 Å².